The fourth-order valence-corrected chi connectivity index (χ4v) is 5.58. The molecule has 52 heavy (non-hydrogen) atoms. The van der Waals surface area contributed by atoms with Gasteiger partial charge in [-0.25, -0.2) is 4.98 Å². The molecule has 3 heterocycles. The molecule has 2 saturated heterocycles. The van der Waals surface area contributed by atoms with Crippen molar-refractivity contribution in [3.63, 3.8) is 0 Å². The largest absolute Gasteiger partial charge is 0.481 e. The third kappa shape index (κ3) is 14.2. The number of ether oxygens (including phenoxy) is 6. The van der Waals surface area contributed by atoms with Crippen LogP contribution in [0.25, 0.3) is 0 Å². The highest BCUT2D eigenvalue weighted by Crippen LogP contribution is 2.41. The Morgan fingerprint density at radius 2 is 1.60 bits per heavy atom. The lowest BCUT2D eigenvalue weighted by Crippen LogP contribution is -2.66. The number of hydrogen-bond donors (Lipinski definition) is 4. The molecular formula is C33H47F3N4O12. The molecule has 19 heteroatoms. The summed E-state index contributed by atoms with van der Waals surface area (Å²) in [6, 6.07) is 2.19. The second kappa shape index (κ2) is 20.8. The maximum Gasteiger partial charge on any atom is 0.433 e. The third-order valence-corrected chi connectivity index (χ3v) is 7.98. The smallest absolute Gasteiger partial charge is 0.433 e. The van der Waals surface area contributed by atoms with Gasteiger partial charge in [0, 0.05) is 52.8 Å². The van der Waals surface area contributed by atoms with E-state index in [0.717, 1.165) is 39.2 Å². The first-order valence-electron chi connectivity index (χ1n) is 17.1. The summed E-state index contributed by atoms with van der Waals surface area (Å²) in [5.74, 6) is -2.98. The molecule has 16 nitrogen and oxygen atoms in total. The van der Waals surface area contributed by atoms with E-state index in [9.17, 15) is 37.1 Å². The Labute approximate surface area is 298 Å². The Hall–Kier alpha value is -4.07. The van der Waals surface area contributed by atoms with E-state index in [1.165, 1.54) is 12.1 Å². The van der Waals surface area contributed by atoms with Gasteiger partial charge in [0.25, 0.3) is 0 Å². The number of fused-ring (bicyclic) bond motifs is 2. The molecule has 2 amide bonds. The van der Waals surface area contributed by atoms with Gasteiger partial charge in [0.1, 0.15) is 17.6 Å². The molecule has 5 atom stereocenters. The molecule has 0 saturated carbocycles. The number of carboxylic acids is 1. The minimum atomic E-state index is -4.70. The topological polar surface area (TPSA) is 210 Å². The molecule has 0 aliphatic carbocycles. The summed E-state index contributed by atoms with van der Waals surface area (Å²) in [6.07, 6.45) is -4.77. The summed E-state index contributed by atoms with van der Waals surface area (Å²) < 4.78 is 74.2. The molecule has 0 spiro atoms. The van der Waals surface area contributed by atoms with E-state index in [2.05, 4.69) is 20.9 Å². The Morgan fingerprint density at radius 1 is 0.885 bits per heavy atom. The summed E-state index contributed by atoms with van der Waals surface area (Å²) in [5, 5.41) is 16.8. The fraction of sp³-hybridized carbons (Fsp3) is 0.697. The number of nitrogens with zero attached hydrogens (tertiary/aromatic N) is 1. The summed E-state index contributed by atoms with van der Waals surface area (Å²) in [7, 11) is 0. The zero-order chi connectivity index (χ0) is 38.1. The molecule has 0 unspecified atom stereocenters. The first-order chi connectivity index (χ1) is 24.7. The fourth-order valence-electron chi connectivity index (χ4n) is 5.58. The Bertz CT molecular complexity index is 1350. The van der Waals surface area contributed by atoms with Gasteiger partial charge >= 0.3 is 24.1 Å². The standard InChI is InChI=1S/C33H47F3N4O12/c1-21(41)50-29-28(40-24-10-7-9-23(39-24)33(34,35)36)31-49-20-32(52-31,30(29)51-22(2)42)19-48-16-6-4-3-5-14-37-26(44)13-17-47-18-15-38-25(43)11-8-12-27(45)46/h7,9-10,28-31H,3-6,8,11-20H2,1-2H3,(H,37,44)(H,38,43)(H,39,40)(H,45,46)/t28-,29-,30-,31+,32+/m1/s1. The second-order valence-electron chi connectivity index (χ2n) is 12.3. The molecule has 4 N–H and O–H groups in total. The number of carbonyl (C=O) groups excluding carboxylic acids is 4. The lowest BCUT2D eigenvalue weighted by atomic mass is 9.87. The molecule has 0 radical (unpaired) electrons. The van der Waals surface area contributed by atoms with Crippen molar-refractivity contribution in [2.75, 3.05) is 51.4 Å². The summed E-state index contributed by atoms with van der Waals surface area (Å²) in [6.45, 7) is 3.59. The number of rotatable bonds is 23. The van der Waals surface area contributed by atoms with Crippen molar-refractivity contribution < 1.29 is 70.7 Å². The van der Waals surface area contributed by atoms with Crippen molar-refractivity contribution in [2.24, 2.45) is 0 Å². The van der Waals surface area contributed by atoms with Crippen molar-refractivity contribution in [2.45, 2.75) is 102 Å². The molecule has 292 valence electrons. The molecule has 1 aromatic rings. The number of alkyl halides is 3. The van der Waals surface area contributed by atoms with Crippen molar-refractivity contribution >= 4 is 35.5 Å². The Morgan fingerprint density at radius 3 is 2.31 bits per heavy atom. The van der Waals surface area contributed by atoms with E-state index >= 15 is 0 Å². The maximum absolute atomic E-state index is 13.3. The van der Waals surface area contributed by atoms with Crippen LogP contribution in [-0.2, 0) is 58.6 Å². The molecule has 2 bridgehead atoms. The van der Waals surface area contributed by atoms with E-state index in [1.807, 2.05) is 0 Å². The zero-order valence-corrected chi connectivity index (χ0v) is 29.2. The maximum atomic E-state index is 13.3. The van der Waals surface area contributed by atoms with Crippen LogP contribution in [0.15, 0.2) is 18.2 Å². The highest BCUT2D eigenvalue weighted by atomic mass is 19.4. The highest BCUT2D eigenvalue weighted by Gasteiger charge is 2.63. The number of pyridine rings is 1. The quantitative estimate of drug-likeness (QED) is 0.0936. The first-order valence-corrected chi connectivity index (χ1v) is 17.1. The van der Waals surface area contributed by atoms with Gasteiger partial charge in [-0.1, -0.05) is 18.9 Å². The van der Waals surface area contributed by atoms with E-state index < -0.39 is 59.9 Å². The lowest BCUT2D eigenvalue weighted by molar-refractivity contribution is -0.244. The van der Waals surface area contributed by atoms with Crippen LogP contribution in [0.2, 0.25) is 0 Å². The van der Waals surface area contributed by atoms with E-state index in [4.69, 9.17) is 33.5 Å². The summed E-state index contributed by atoms with van der Waals surface area (Å²) in [5.41, 5.74) is -2.50. The van der Waals surface area contributed by atoms with Gasteiger partial charge in [0.15, 0.2) is 24.1 Å². The van der Waals surface area contributed by atoms with Gasteiger partial charge in [0.05, 0.1) is 26.4 Å². The first kappa shape index (κ1) is 42.3. The highest BCUT2D eigenvalue weighted by molar-refractivity contribution is 5.77. The second-order valence-corrected chi connectivity index (χ2v) is 12.3. The number of carboxylic acid groups (broad SMARTS) is 1. The number of unbranched alkanes of at least 4 members (excludes halogenated alkanes) is 3. The van der Waals surface area contributed by atoms with Gasteiger partial charge in [-0.3, -0.25) is 24.0 Å². The number of anilines is 1. The van der Waals surface area contributed by atoms with Crippen LogP contribution in [0.3, 0.4) is 0 Å². The SMILES string of the molecule is CC(=O)O[C@@H]1[C@@H](Nc2cccc(C(F)(F)F)n2)[C@H]2OC[C@](COCCCCCCNC(=O)CCOCCNC(=O)CCCC(=O)O)(O2)[C@@H]1OC(C)=O. The number of hydrogen-bond acceptors (Lipinski definition) is 13. The van der Waals surface area contributed by atoms with Crippen molar-refractivity contribution in [1.82, 2.24) is 15.6 Å². The summed E-state index contributed by atoms with van der Waals surface area (Å²) >= 11 is 0. The number of halogens is 3. The Kier molecular flexibility index (Phi) is 17.0. The van der Waals surface area contributed by atoms with E-state index in [0.29, 0.717) is 19.6 Å². The minimum absolute atomic E-state index is 0.0663. The molecular weight excluding hydrogens is 701 g/mol. The van der Waals surface area contributed by atoms with Crippen molar-refractivity contribution in [3.8, 4) is 0 Å². The van der Waals surface area contributed by atoms with Crippen LogP contribution in [0, 0.1) is 0 Å². The molecule has 1 aromatic heterocycles. The van der Waals surface area contributed by atoms with E-state index in [1.54, 1.807) is 0 Å². The van der Waals surface area contributed by atoms with Crippen LogP contribution in [0.1, 0.15) is 70.9 Å². The van der Waals surface area contributed by atoms with Crippen LogP contribution in [0.4, 0.5) is 19.0 Å². The number of nitrogens with one attached hydrogen (secondary N) is 3. The predicted octanol–water partition coefficient (Wildman–Crippen LogP) is 2.34. The number of aromatic nitrogens is 1. The average molecular weight is 749 g/mol. The Balaban J connectivity index is 1.36. The lowest BCUT2D eigenvalue weighted by Gasteiger charge is -2.45. The van der Waals surface area contributed by atoms with Crippen LogP contribution in [0.5, 0.6) is 0 Å². The predicted molar refractivity (Wildman–Crippen MR) is 174 cm³/mol. The average Bonchev–Trinajstić information content (AvgIpc) is 3.46. The van der Waals surface area contributed by atoms with Crippen molar-refractivity contribution in [1.29, 1.82) is 0 Å². The molecule has 0 aromatic carbocycles. The number of amides is 2. The minimum Gasteiger partial charge on any atom is -0.481 e. The van der Waals surface area contributed by atoms with Gasteiger partial charge in [-0.05, 0) is 31.4 Å². The van der Waals surface area contributed by atoms with Gasteiger partial charge < -0.3 is 49.5 Å². The van der Waals surface area contributed by atoms with Gasteiger partial charge in [-0.2, -0.15) is 13.2 Å². The number of aliphatic carboxylic acids is 1. The van der Waals surface area contributed by atoms with E-state index in [-0.39, 0.29) is 76.3 Å². The molecule has 2 fully saturated rings. The number of carbonyl (C=O) groups is 5. The van der Waals surface area contributed by atoms with Crippen LogP contribution in [-0.4, -0.2) is 116 Å². The van der Waals surface area contributed by atoms with Gasteiger partial charge in [-0.15, -0.1) is 0 Å². The van der Waals surface area contributed by atoms with Gasteiger partial charge in [0.2, 0.25) is 11.8 Å². The van der Waals surface area contributed by atoms with Crippen LogP contribution < -0.4 is 16.0 Å². The summed E-state index contributed by atoms with van der Waals surface area (Å²) in [4.78, 5) is 62.0. The zero-order valence-electron chi connectivity index (χ0n) is 29.2. The normalized spacial score (nSPS) is 22.3. The van der Waals surface area contributed by atoms with Crippen molar-refractivity contribution in [3.05, 3.63) is 23.9 Å². The molecule has 3 rings (SSSR count). The monoisotopic (exact) mass is 748 g/mol. The third-order valence-electron chi connectivity index (χ3n) is 7.98. The molecule has 2 aliphatic rings. The van der Waals surface area contributed by atoms with Crippen LogP contribution >= 0.6 is 0 Å². The molecule has 2 aliphatic heterocycles. The number of esters is 2.